The van der Waals surface area contributed by atoms with E-state index in [9.17, 15) is 4.80 Å². The van der Waals surface area contributed by atoms with Crippen LogP contribution in [0.3, 0.4) is 0 Å². The first-order valence-electron chi connectivity index (χ1n) is 17.2. The summed E-state index contributed by atoms with van der Waals surface area (Å²) >= 11 is 0. The van der Waals surface area contributed by atoms with Crippen LogP contribution in [-0.2, 0) is 6.42 Å². The van der Waals surface area contributed by atoms with Gasteiger partial charge in [0.1, 0.15) is 5.75 Å². The van der Waals surface area contributed by atoms with Gasteiger partial charge in [0.05, 0.1) is 7.11 Å². The molecule has 4 rings (SSSR count). The fraction of sp³-hybridized carbons (Fsp3) is 0.381. The monoisotopic (exact) mass is 633 g/mol. The van der Waals surface area contributed by atoms with Crippen molar-refractivity contribution in [1.29, 1.82) is 0 Å². The molecule has 1 N–H and O–H groups in total. The molecular weight excluding hydrogens is 579 g/mol. The minimum absolute atomic E-state index is 0.278. The zero-order valence-corrected chi connectivity index (χ0v) is 30.3. The summed E-state index contributed by atoms with van der Waals surface area (Å²) in [5.74, 6) is 0.911. The number of unbranched alkanes of at least 4 members (excludes halogenated alkanes) is 2. The van der Waals surface area contributed by atoms with E-state index in [1.54, 1.807) is 7.11 Å². The Morgan fingerprint density at radius 3 is 1.85 bits per heavy atom. The second kappa shape index (κ2) is 16.3. The molecule has 0 aliphatic carbocycles. The maximum Gasteiger partial charge on any atom is 0.258 e. The first-order chi connectivity index (χ1) is 22.1. The largest absolute Gasteiger partial charge is 0.496 e. The Hall–Kier alpha value is -3.60. The topological polar surface area (TPSA) is 32.7 Å². The molecule has 0 fully saturated rings. The van der Waals surface area contributed by atoms with Crippen molar-refractivity contribution in [3.63, 3.8) is 0 Å². The van der Waals surface area contributed by atoms with Gasteiger partial charge >= 0.3 is 0 Å². The van der Waals surface area contributed by atoms with Crippen LogP contribution in [0.25, 0.3) is 12.2 Å². The number of benzene rings is 4. The van der Waals surface area contributed by atoms with Gasteiger partial charge in [-0.2, -0.15) is 0 Å². The summed E-state index contributed by atoms with van der Waals surface area (Å²) < 4.78 is 5.87. The Kier molecular flexibility index (Phi) is 12.5. The SMILES string of the molecule is CCCCN(CCCC)c1ccc(C=Cc2cc(C)c(CCC(C)(C)[Si](O)(c3ccccc3)c3ccccc3)cc2C)c(OC)c1. The highest BCUT2D eigenvalue weighted by Gasteiger charge is 2.49. The lowest BCUT2D eigenvalue weighted by molar-refractivity contribution is 0.414. The molecule has 46 heavy (non-hydrogen) atoms. The number of methoxy groups -OCH3 is 1. The Morgan fingerprint density at radius 1 is 0.739 bits per heavy atom. The number of hydrogen-bond donors (Lipinski definition) is 1. The molecule has 0 aromatic heterocycles. The zero-order chi connectivity index (χ0) is 33.2. The van der Waals surface area contributed by atoms with E-state index in [1.165, 1.54) is 53.6 Å². The van der Waals surface area contributed by atoms with Crippen molar-refractivity contribution in [2.75, 3.05) is 25.1 Å². The van der Waals surface area contributed by atoms with Crippen LogP contribution in [0, 0.1) is 13.8 Å². The molecule has 0 radical (unpaired) electrons. The van der Waals surface area contributed by atoms with Gasteiger partial charge < -0.3 is 14.4 Å². The van der Waals surface area contributed by atoms with Gasteiger partial charge in [0.25, 0.3) is 8.32 Å². The molecule has 4 heteroatoms. The highest BCUT2D eigenvalue weighted by Crippen LogP contribution is 2.40. The fourth-order valence-corrected chi connectivity index (χ4v) is 10.3. The quantitative estimate of drug-likeness (QED) is 0.0986. The third kappa shape index (κ3) is 8.21. The summed E-state index contributed by atoms with van der Waals surface area (Å²) in [6, 6.07) is 32.0. The maximum absolute atomic E-state index is 12.6. The van der Waals surface area contributed by atoms with E-state index in [1.807, 2.05) is 36.4 Å². The van der Waals surface area contributed by atoms with Gasteiger partial charge in [0.2, 0.25) is 0 Å². The Bertz CT molecular complexity index is 1510. The summed E-state index contributed by atoms with van der Waals surface area (Å²) in [6.07, 6.45) is 11.0. The number of hydrogen-bond acceptors (Lipinski definition) is 3. The molecule has 244 valence electrons. The number of nitrogens with zero attached hydrogens (tertiary/aromatic N) is 1. The highest BCUT2D eigenvalue weighted by atomic mass is 28.4. The molecule has 0 heterocycles. The molecule has 0 unspecified atom stereocenters. The Balaban J connectivity index is 1.54. The smallest absolute Gasteiger partial charge is 0.258 e. The molecule has 0 spiro atoms. The molecular formula is C42H55NO2Si. The van der Waals surface area contributed by atoms with Crippen molar-refractivity contribution < 1.29 is 9.53 Å². The molecule has 0 saturated heterocycles. The minimum Gasteiger partial charge on any atom is -0.496 e. The average molecular weight is 634 g/mol. The van der Waals surface area contributed by atoms with Gasteiger partial charge in [-0.25, -0.2) is 0 Å². The van der Waals surface area contributed by atoms with E-state index in [-0.39, 0.29) is 5.04 Å². The summed E-state index contributed by atoms with van der Waals surface area (Å²) in [6.45, 7) is 15.6. The zero-order valence-electron chi connectivity index (χ0n) is 29.3. The average Bonchev–Trinajstić information content (AvgIpc) is 3.08. The lowest BCUT2D eigenvalue weighted by Crippen LogP contribution is -2.65. The van der Waals surface area contributed by atoms with Crippen LogP contribution in [-0.4, -0.2) is 33.3 Å². The molecule has 4 aromatic carbocycles. The summed E-state index contributed by atoms with van der Waals surface area (Å²) in [5, 5.41) is 1.86. The lowest BCUT2D eigenvalue weighted by atomic mass is 9.94. The molecule has 0 atom stereocenters. The predicted octanol–water partition coefficient (Wildman–Crippen LogP) is 9.35. The van der Waals surface area contributed by atoms with Crippen molar-refractivity contribution in [2.45, 2.75) is 85.1 Å². The molecule has 0 aliphatic heterocycles. The second-order valence-electron chi connectivity index (χ2n) is 13.4. The standard InChI is InChI=1S/C42H55NO2Si/c1-8-10-28-43(29-11-9-2)38-25-24-35(41(32-38)45-7)22-23-36-30-34(4)37(31-33(36)3)26-27-42(5,6)46(44,39-18-14-12-15-19-39)40-20-16-13-17-21-40/h12-25,30-32,44H,8-11,26-29H2,1-7H3. The van der Waals surface area contributed by atoms with Crippen molar-refractivity contribution in [1.82, 2.24) is 0 Å². The van der Waals surface area contributed by atoms with E-state index < -0.39 is 8.32 Å². The first kappa shape index (κ1) is 35.3. The summed E-state index contributed by atoms with van der Waals surface area (Å²) in [7, 11) is -1.27. The van der Waals surface area contributed by atoms with Crippen molar-refractivity contribution in [3.8, 4) is 5.75 Å². The molecule has 0 amide bonds. The van der Waals surface area contributed by atoms with E-state index >= 15 is 0 Å². The van der Waals surface area contributed by atoms with Gasteiger partial charge in [-0.05, 0) is 89.3 Å². The van der Waals surface area contributed by atoms with Gasteiger partial charge in [0.15, 0.2) is 0 Å². The number of aryl methyl sites for hydroxylation is 3. The van der Waals surface area contributed by atoms with Crippen LogP contribution >= 0.6 is 0 Å². The molecule has 0 bridgehead atoms. The number of anilines is 1. The van der Waals surface area contributed by atoms with Gasteiger partial charge in [-0.15, -0.1) is 0 Å². The number of rotatable bonds is 16. The van der Waals surface area contributed by atoms with Crippen LogP contribution in [0.2, 0.25) is 5.04 Å². The van der Waals surface area contributed by atoms with E-state index in [4.69, 9.17) is 4.74 Å². The summed E-state index contributed by atoms with van der Waals surface area (Å²) in [4.78, 5) is 15.1. The van der Waals surface area contributed by atoms with Crippen LogP contribution in [0.15, 0.2) is 91.0 Å². The van der Waals surface area contributed by atoms with Crippen LogP contribution in [0.5, 0.6) is 5.75 Å². The molecule has 3 nitrogen and oxygen atoms in total. The molecule has 0 saturated carbocycles. The van der Waals surface area contributed by atoms with E-state index in [0.717, 1.165) is 47.6 Å². The van der Waals surface area contributed by atoms with Gasteiger partial charge in [-0.3, -0.25) is 0 Å². The second-order valence-corrected chi connectivity index (χ2v) is 17.3. The lowest BCUT2D eigenvalue weighted by Gasteiger charge is -2.41. The van der Waals surface area contributed by atoms with E-state index in [0.29, 0.717) is 0 Å². The molecule has 0 aliphatic rings. The third-order valence-corrected chi connectivity index (χ3v) is 14.2. The molecule has 4 aromatic rings. The first-order valence-corrected chi connectivity index (χ1v) is 19.1. The van der Waals surface area contributed by atoms with Gasteiger partial charge in [0, 0.05) is 30.4 Å². The maximum atomic E-state index is 12.6. The fourth-order valence-electron chi connectivity index (χ4n) is 6.56. The van der Waals surface area contributed by atoms with Crippen LogP contribution in [0.4, 0.5) is 5.69 Å². The van der Waals surface area contributed by atoms with E-state index in [2.05, 4.69) is 113 Å². The van der Waals surface area contributed by atoms with Crippen molar-refractivity contribution >= 4 is 36.5 Å². The minimum atomic E-state index is -3.04. The Labute approximate surface area is 280 Å². The number of ether oxygens (including phenoxy) is 1. The highest BCUT2D eigenvalue weighted by molar-refractivity contribution is 6.98. The Morgan fingerprint density at radius 2 is 1.30 bits per heavy atom. The van der Waals surface area contributed by atoms with Gasteiger partial charge in [-0.1, -0.05) is 125 Å². The van der Waals surface area contributed by atoms with Crippen molar-refractivity contribution in [3.05, 3.63) is 119 Å². The summed E-state index contributed by atoms with van der Waals surface area (Å²) in [5.41, 5.74) is 7.44. The third-order valence-electron chi connectivity index (χ3n) is 9.69. The van der Waals surface area contributed by atoms with Crippen molar-refractivity contribution in [2.24, 2.45) is 0 Å². The normalized spacial score (nSPS) is 12.1. The predicted molar refractivity (Wildman–Crippen MR) is 202 cm³/mol. The van der Waals surface area contributed by atoms with Crippen LogP contribution < -0.4 is 20.0 Å². The van der Waals surface area contributed by atoms with Crippen LogP contribution in [0.1, 0.15) is 87.6 Å².